The van der Waals surface area contributed by atoms with Crippen LogP contribution in [0.4, 0.5) is 4.39 Å². The normalized spacial score (nSPS) is 9.00. The van der Waals surface area contributed by atoms with Gasteiger partial charge < -0.3 is 4.74 Å². The topological polar surface area (TPSA) is 9.23 Å². The summed E-state index contributed by atoms with van der Waals surface area (Å²) in [7, 11) is 0. The molecule has 0 aliphatic carbocycles. The van der Waals surface area contributed by atoms with Crippen LogP contribution in [0.2, 0.25) is 0 Å². The second-order valence-corrected chi connectivity index (χ2v) is 0.960. The zero-order valence-electron chi connectivity index (χ0n) is 3.78. The summed E-state index contributed by atoms with van der Waals surface area (Å²) in [5, 5.41) is 0. The summed E-state index contributed by atoms with van der Waals surface area (Å²) in [6.45, 7) is 2.61. The molecule has 0 N–H and O–H groups in total. The van der Waals surface area contributed by atoms with E-state index in [4.69, 9.17) is 0 Å². The second-order valence-electron chi connectivity index (χ2n) is 0.960. The molecule has 0 aromatic carbocycles. The van der Waals surface area contributed by atoms with Crippen LogP contribution in [0.3, 0.4) is 0 Å². The molecule has 0 fully saturated rings. The van der Waals surface area contributed by atoms with E-state index < -0.39 is 0 Å². The minimum Gasteiger partial charge on any atom is -0.344 e. The van der Waals surface area contributed by atoms with Crippen LogP contribution in [-0.4, -0.2) is 6.61 Å². The monoisotopic (exact) mass is 91.1 g/mol. The van der Waals surface area contributed by atoms with Gasteiger partial charge in [0, 0.05) is 6.61 Å². The van der Waals surface area contributed by atoms with Gasteiger partial charge in [-0.3, -0.25) is 0 Å². The summed E-state index contributed by atoms with van der Waals surface area (Å²) in [4.78, 5) is 0. The van der Waals surface area contributed by atoms with Gasteiger partial charge in [-0.15, -0.1) is 0 Å². The van der Waals surface area contributed by atoms with Crippen LogP contribution in [0.5, 0.6) is 0 Å². The quantitative estimate of drug-likeness (QED) is 0.478. The first kappa shape index (κ1) is 5.89. The molecule has 0 aromatic heterocycles. The number of ether oxygens (including phenoxy) is 1. The van der Waals surface area contributed by atoms with Crippen molar-refractivity contribution in [2.45, 2.75) is 13.3 Å². The molecular weight excluding hydrogens is 83.0 g/mol. The fraction of sp³-hybridized carbons (Fsp3) is 0.750. The molecule has 0 aromatic rings. The Bertz CT molecular complexity index is 19.5. The molecule has 6 heavy (non-hydrogen) atoms. The number of rotatable bonds is 3. The van der Waals surface area contributed by atoms with Gasteiger partial charge in [-0.2, -0.15) is 0 Å². The van der Waals surface area contributed by atoms with E-state index in [0.29, 0.717) is 6.61 Å². The van der Waals surface area contributed by atoms with Crippen molar-refractivity contribution < 1.29 is 9.13 Å². The number of hydrogen-bond acceptors (Lipinski definition) is 1. The average molecular weight is 91.1 g/mol. The molecule has 0 aliphatic rings. The van der Waals surface area contributed by atoms with Crippen LogP contribution >= 0.6 is 0 Å². The van der Waals surface area contributed by atoms with Gasteiger partial charge in [0.15, 0.2) is 0 Å². The molecule has 1 radical (unpaired) electrons. The predicted molar refractivity (Wildman–Crippen MR) is 21.7 cm³/mol. The second kappa shape index (κ2) is 4.89. The maximum absolute atomic E-state index is 10.8. The summed E-state index contributed by atoms with van der Waals surface area (Å²) in [6, 6.07) is 0. The lowest BCUT2D eigenvalue weighted by molar-refractivity contribution is 0.132. The largest absolute Gasteiger partial charge is 0.344 e. The first-order valence-corrected chi connectivity index (χ1v) is 1.95. The first-order valence-electron chi connectivity index (χ1n) is 1.95. The minimum absolute atomic E-state index is 0.212. The third kappa shape index (κ3) is 3.89. The Kier molecular flexibility index (Phi) is 4.80. The molecule has 0 bridgehead atoms. The summed E-state index contributed by atoms with van der Waals surface area (Å²) in [6.07, 6.45) is 0.862. The maximum atomic E-state index is 10.8. The van der Waals surface area contributed by atoms with E-state index >= 15 is 0 Å². The number of halogens is 1. The van der Waals surface area contributed by atoms with Crippen molar-refractivity contribution in [2.75, 3.05) is 6.61 Å². The van der Waals surface area contributed by atoms with Crippen LogP contribution in [0, 0.1) is 6.86 Å². The summed E-state index contributed by atoms with van der Waals surface area (Å²) in [5.41, 5.74) is 0. The van der Waals surface area contributed by atoms with Gasteiger partial charge in [0.1, 0.15) is 0 Å². The number of hydrogen-bond donors (Lipinski definition) is 0. The highest BCUT2D eigenvalue weighted by molar-refractivity contribution is 4.23. The third-order valence-corrected chi connectivity index (χ3v) is 0.385. The summed E-state index contributed by atoms with van der Waals surface area (Å²) >= 11 is 0. The van der Waals surface area contributed by atoms with Crippen LogP contribution in [0.1, 0.15) is 13.3 Å². The molecule has 0 heterocycles. The predicted octanol–water partition coefficient (Wildman–Crippen LogP) is 1.50. The lowest BCUT2D eigenvalue weighted by Gasteiger charge is -1.87. The molecule has 1 nitrogen and oxygen atoms in total. The SMILES string of the molecule is CCCO[CH]F. The van der Waals surface area contributed by atoms with Gasteiger partial charge in [0.25, 0.3) is 6.86 Å². The molecule has 37 valence electrons. The zero-order valence-corrected chi connectivity index (χ0v) is 3.78. The Hall–Kier alpha value is -0.110. The molecule has 0 spiro atoms. The fourth-order valence-electron chi connectivity index (χ4n) is 0.162. The van der Waals surface area contributed by atoms with Crippen molar-refractivity contribution in [2.24, 2.45) is 0 Å². The van der Waals surface area contributed by atoms with Crippen molar-refractivity contribution in [3.63, 3.8) is 0 Å². The van der Waals surface area contributed by atoms with Crippen molar-refractivity contribution in [3.8, 4) is 0 Å². The van der Waals surface area contributed by atoms with E-state index in [-0.39, 0.29) is 6.86 Å². The molecule has 2 heteroatoms. The van der Waals surface area contributed by atoms with Crippen molar-refractivity contribution in [3.05, 3.63) is 6.86 Å². The molecule has 0 unspecified atom stereocenters. The van der Waals surface area contributed by atoms with Gasteiger partial charge in [0.2, 0.25) is 0 Å². The smallest absolute Gasteiger partial charge is 0.255 e. The van der Waals surface area contributed by atoms with E-state index in [1.165, 1.54) is 0 Å². The highest BCUT2D eigenvalue weighted by atomic mass is 19.1. The fourth-order valence-corrected chi connectivity index (χ4v) is 0.162. The van der Waals surface area contributed by atoms with E-state index in [1.807, 2.05) is 6.92 Å². The maximum Gasteiger partial charge on any atom is 0.255 e. The first-order chi connectivity index (χ1) is 2.91. The molecular formula is C4H8FO. The van der Waals surface area contributed by atoms with E-state index in [2.05, 4.69) is 4.74 Å². The molecule has 0 atom stereocenters. The molecule has 0 saturated carbocycles. The minimum atomic E-state index is 0.212. The van der Waals surface area contributed by atoms with E-state index in [1.54, 1.807) is 0 Å². The molecule has 0 rings (SSSR count). The van der Waals surface area contributed by atoms with Crippen molar-refractivity contribution >= 4 is 0 Å². The lowest BCUT2D eigenvalue weighted by atomic mass is 10.5. The zero-order chi connectivity index (χ0) is 4.83. The van der Waals surface area contributed by atoms with Gasteiger partial charge in [-0.25, -0.2) is 4.39 Å². The Morgan fingerprint density at radius 3 is 2.67 bits per heavy atom. The van der Waals surface area contributed by atoms with Crippen LogP contribution in [-0.2, 0) is 4.74 Å². The highest BCUT2D eigenvalue weighted by Gasteiger charge is 1.76. The van der Waals surface area contributed by atoms with Crippen molar-refractivity contribution in [1.82, 2.24) is 0 Å². The molecule has 0 amide bonds. The third-order valence-electron chi connectivity index (χ3n) is 0.385. The van der Waals surface area contributed by atoms with Gasteiger partial charge in [0.05, 0.1) is 0 Å². The summed E-state index contributed by atoms with van der Waals surface area (Å²) < 4.78 is 15.0. The Labute approximate surface area is 37.1 Å². The van der Waals surface area contributed by atoms with Gasteiger partial charge in [-0.05, 0) is 6.42 Å². The Morgan fingerprint density at radius 1 is 1.83 bits per heavy atom. The molecule has 0 aliphatic heterocycles. The average Bonchev–Trinajstić information content (AvgIpc) is 1.61. The molecule has 0 saturated heterocycles. The van der Waals surface area contributed by atoms with Gasteiger partial charge >= 0.3 is 0 Å². The van der Waals surface area contributed by atoms with Crippen LogP contribution in [0.25, 0.3) is 0 Å². The van der Waals surface area contributed by atoms with E-state index in [0.717, 1.165) is 6.42 Å². The van der Waals surface area contributed by atoms with Crippen molar-refractivity contribution in [1.29, 1.82) is 0 Å². The standard InChI is InChI=1S/C4H8FO/c1-2-3-6-4-5/h4H,2-3H2,1H3. The Balaban J connectivity index is 2.34. The lowest BCUT2D eigenvalue weighted by Crippen LogP contribution is -1.82. The van der Waals surface area contributed by atoms with Crippen LogP contribution < -0.4 is 0 Å². The van der Waals surface area contributed by atoms with Crippen LogP contribution in [0.15, 0.2) is 0 Å². The Morgan fingerprint density at radius 2 is 2.50 bits per heavy atom. The van der Waals surface area contributed by atoms with Gasteiger partial charge in [-0.1, -0.05) is 6.92 Å². The summed E-state index contributed by atoms with van der Waals surface area (Å²) in [5.74, 6) is 0. The highest BCUT2D eigenvalue weighted by Crippen LogP contribution is 1.82. The van der Waals surface area contributed by atoms with E-state index in [9.17, 15) is 4.39 Å².